The summed E-state index contributed by atoms with van der Waals surface area (Å²) in [5, 5.41) is 7.63. The van der Waals surface area contributed by atoms with Gasteiger partial charge >= 0.3 is 0 Å². The second kappa shape index (κ2) is 7.78. The van der Waals surface area contributed by atoms with E-state index < -0.39 is 0 Å². The van der Waals surface area contributed by atoms with Crippen molar-refractivity contribution < 1.29 is 4.79 Å². The van der Waals surface area contributed by atoms with Crippen LogP contribution in [-0.4, -0.2) is 56.7 Å². The number of carbonyl (C=O) groups is 1. The van der Waals surface area contributed by atoms with Crippen LogP contribution < -0.4 is 0 Å². The quantitative estimate of drug-likeness (QED) is 0.735. The van der Waals surface area contributed by atoms with Gasteiger partial charge in [-0.2, -0.15) is 5.10 Å². The van der Waals surface area contributed by atoms with Crippen LogP contribution in [0, 0.1) is 0 Å². The number of nitrogens with zero attached hydrogens (tertiary/aromatic N) is 5. The van der Waals surface area contributed by atoms with Crippen LogP contribution in [-0.2, 0) is 19.0 Å². The Hall–Kier alpha value is -1.25. The Morgan fingerprint density at radius 3 is 2.65 bits per heavy atom. The van der Waals surface area contributed by atoms with E-state index in [0.29, 0.717) is 5.69 Å². The average molecular weight is 440 g/mol. The molecule has 1 saturated heterocycles. The van der Waals surface area contributed by atoms with E-state index in [2.05, 4.69) is 52.1 Å². The van der Waals surface area contributed by atoms with E-state index in [1.54, 1.807) is 16.0 Å². The molecule has 0 saturated carbocycles. The summed E-state index contributed by atoms with van der Waals surface area (Å²) in [6, 6.07) is 0. The van der Waals surface area contributed by atoms with Crippen molar-refractivity contribution in [3.63, 3.8) is 0 Å². The van der Waals surface area contributed by atoms with Gasteiger partial charge < -0.3 is 4.90 Å². The van der Waals surface area contributed by atoms with E-state index >= 15 is 0 Å². The predicted octanol–water partition coefficient (Wildman–Crippen LogP) is 3.28. The Bertz CT molecular complexity index is 779. The first kappa shape index (κ1) is 19.5. The third kappa shape index (κ3) is 4.53. The number of hydrogen-bond acceptors (Lipinski definition) is 5. The zero-order valence-corrected chi connectivity index (χ0v) is 18.2. The zero-order chi connectivity index (χ0) is 18.9. The molecule has 0 atom stereocenters. The lowest BCUT2D eigenvalue weighted by atomic mass is 9.98. The number of rotatable bonds is 3. The standard InChI is InChI=1S/C18H26BrN5OS/c1-18(2,3)17-20-13(12-26-17)10-23-6-5-7-24(9-8-23)16(25)15-14(19)11-22(4)21-15/h11-12H,5-10H2,1-4H3. The van der Waals surface area contributed by atoms with Crippen molar-refractivity contribution in [2.24, 2.45) is 7.05 Å². The Kier molecular flexibility index (Phi) is 5.84. The molecule has 0 aliphatic carbocycles. The van der Waals surface area contributed by atoms with Crippen LogP contribution in [0.3, 0.4) is 0 Å². The molecule has 2 aromatic heterocycles. The number of thiazole rings is 1. The van der Waals surface area contributed by atoms with E-state index in [9.17, 15) is 4.79 Å². The lowest BCUT2D eigenvalue weighted by Crippen LogP contribution is -2.35. The van der Waals surface area contributed by atoms with Gasteiger partial charge in [-0.15, -0.1) is 11.3 Å². The molecule has 3 rings (SSSR count). The van der Waals surface area contributed by atoms with E-state index in [-0.39, 0.29) is 11.3 Å². The van der Waals surface area contributed by atoms with Crippen molar-refractivity contribution >= 4 is 33.2 Å². The molecule has 1 aliphatic rings. The molecule has 8 heteroatoms. The normalized spacial score (nSPS) is 16.7. The van der Waals surface area contributed by atoms with Crippen LogP contribution in [0.2, 0.25) is 0 Å². The maximum absolute atomic E-state index is 12.8. The van der Waals surface area contributed by atoms with Crippen molar-refractivity contribution in [3.8, 4) is 0 Å². The molecule has 3 heterocycles. The summed E-state index contributed by atoms with van der Waals surface area (Å²) in [7, 11) is 1.82. The van der Waals surface area contributed by atoms with Crippen LogP contribution >= 0.6 is 27.3 Å². The summed E-state index contributed by atoms with van der Waals surface area (Å²) in [5.74, 6) is 0.00278. The van der Waals surface area contributed by atoms with Gasteiger partial charge in [-0.1, -0.05) is 20.8 Å². The highest BCUT2D eigenvalue weighted by Crippen LogP contribution is 2.26. The van der Waals surface area contributed by atoms with E-state index in [1.165, 1.54) is 5.01 Å². The number of aryl methyl sites for hydroxylation is 1. The molecule has 1 amide bonds. The van der Waals surface area contributed by atoms with Crippen molar-refractivity contribution in [2.45, 2.75) is 39.2 Å². The number of amides is 1. The number of hydrogen-bond donors (Lipinski definition) is 0. The highest BCUT2D eigenvalue weighted by molar-refractivity contribution is 9.10. The van der Waals surface area contributed by atoms with Gasteiger partial charge in [0.25, 0.3) is 5.91 Å². The fraction of sp³-hybridized carbons (Fsp3) is 0.611. The summed E-state index contributed by atoms with van der Waals surface area (Å²) in [6.45, 7) is 10.8. The third-order valence-corrected chi connectivity index (χ3v) is 6.34. The van der Waals surface area contributed by atoms with Crippen molar-refractivity contribution in [3.05, 3.63) is 32.4 Å². The molecule has 1 fully saturated rings. The first-order chi connectivity index (χ1) is 12.2. The molecular formula is C18H26BrN5OS. The zero-order valence-electron chi connectivity index (χ0n) is 15.8. The summed E-state index contributed by atoms with van der Waals surface area (Å²) in [6.07, 6.45) is 2.78. The minimum atomic E-state index is 0.00278. The van der Waals surface area contributed by atoms with Crippen LogP contribution in [0.4, 0.5) is 0 Å². The maximum Gasteiger partial charge on any atom is 0.275 e. The molecule has 0 aromatic carbocycles. The largest absolute Gasteiger partial charge is 0.336 e. The molecule has 0 N–H and O–H groups in total. The Morgan fingerprint density at radius 2 is 2.04 bits per heavy atom. The van der Waals surface area contributed by atoms with Crippen LogP contribution in [0.25, 0.3) is 0 Å². The van der Waals surface area contributed by atoms with Gasteiger partial charge in [0.1, 0.15) is 0 Å². The molecule has 142 valence electrons. The second-order valence-corrected chi connectivity index (χ2v) is 9.53. The fourth-order valence-corrected chi connectivity index (χ4v) is 4.48. The smallest absolute Gasteiger partial charge is 0.275 e. The van der Waals surface area contributed by atoms with Crippen LogP contribution in [0.15, 0.2) is 16.0 Å². The molecule has 6 nitrogen and oxygen atoms in total. The minimum absolute atomic E-state index is 0.00278. The van der Waals surface area contributed by atoms with Gasteiger partial charge in [-0.25, -0.2) is 4.98 Å². The first-order valence-electron chi connectivity index (χ1n) is 8.89. The first-order valence-corrected chi connectivity index (χ1v) is 10.6. The molecule has 2 aromatic rings. The van der Waals surface area contributed by atoms with Gasteiger partial charge in [0, 0.05) is 56.8 Å². The van der Waals surface area contributed by atoms with Gasteiger partial charge in [-0.3, -0.25) is 14.4 Å². The summed E-state index contributed by atoms with van der Waals surface area (Å²) >= 11 is 5.17. The van der Waals surface area contributed by atoms with Crippen molar-refractivity contribution in [2.75, 3.05) is 26.2 Å². The summed E-state index contributed by atoms with van der Waals surface area (Å²) < 4.78 is 2.42. The van der Waals surface area contributed by atoms with E-state index in [4.69, 9.17) is 4.98 Å². The van der Waals surface area contributed by atoms with E-state index in [1.807, 2.05) is 18.1 Å². The number of aromatic nitrogens is 3. The lowest BCUT2D eigenvalue weighted by Gasteiger charge is -2.21. The lowest BCUT2D eigenvalue weighted by molar-refractivity contribution is 0.0753. The number of halogens is 1. The van der Waals surface area contributed by atoms with E-state index in [0.717, 1.165) is 49.3 Å². The fourth-order valence-electron chi connectivity index (χ4n) is 3.04. The highest BCUT2D eigenvalue weighted by atomic mass is 79.9. The molecule has 26 heavy (non-hydrogen) atoms. The van der Waals surface area contributed by atoms with Gasteiger partial charge in [0.15, 0.2) is 5.69 Å². The van der Waals surface area contributed by atoms with Crippen molar-refractivity contribution in [1.82, 2.24) is 24.6 Å². The predicted molar refractivity (Wildman–Crippen MR) is 108 cm³/mol. The van der Waals surface area contributed by atoms with Crippen LogP contribution in [0.1, 0.15) is 48.4 Å². The molecule has 0 spiro atoms. The monoisotopic (exact) mass is 439 g/mol. The number of carbonyl (C=O) groups excluding carboxylic acids is 1. The topological polar surface area (TPSA) is 54.3 Å². The van der Waals surface area contributed by atoms with Gasteiger partial charge in [0.2, 0.25) is 0 Å². The summed E-state index contributed by atoms with van der Waals surface area (Å²) in [5.41, 5.74) is 1.73. The second-order valence-electron chi connectivity index (χ2n) is 7.82. The molecule has 1 aliphatic heterocycles. The highest BCUT2D eigenvalue weighted by Gasteiger charge is 2.25. The van der Waals surface area contributed by atoms with Gasteiger partial charge in [0.05, 0.1) is 15.2 Å². The molecule has 0 bridgehead atoms. The molecular weight excluding hydrogens is 414 g/mol. The SMILES string of the molecule is Cn1cc(Br)c(C(=O)N2CCCN(Cc3csc(C(C)(C)C)n3)CC2)n1. The summed E-state index contributed by atoms with van der Waals surface area (Å²) in [4.78, 5) is 21.9. The molecule has 0 unspecified atom stereocenters. The Labute approximate surface area is 167 Å². The Morgan fingerprint density at radius 1 is 1.27 bits per heavy atom. The van der Waals surface area contributed by atoms with Crippen LogP contribution in [0.5, 0.6) is 0 Å². The average Bonchev–Trinajstić information content (AvgIpc) is 3.07. The van der Waals surface area contributed by atoms with Crippen molar-refractivity contribution in [1.29, 1.82) is 0 Å². The maximum atomic E-state index is 12.8. The minimum Gasteiger partial charge on any atom is -0.336 e. The van der Waals surface area contributed by atoms with Gasteiger partial charge in [-0.05, 0) is 22.4 Å². The third-order valence-electron chi connectivity index (χ3n) is 4.44. The molecule has 0 radical (unpaired) electrons. The Balaban J connectivity index is 1.60.